The average molecular weight is 344 g/mol. The van der Waals surface area contributed by atoms with Gasteiger partial charge in [-0.1, -0.05) is 12.1 Å². The number of aryl methyl sites for hydroxylation is 1. The summed E-state index contributed by atoms with van der Waals surface area (Å²) in [6.45, 7) is 4.75. The lowest BCUT2D eigenvalue weighted by molar-refractivity contribution is 0.0941. The Morgan fingerprint density at radius 2 is 2.12 bits per heavy atom. The molecule has 0 spiro atoms. The van der Waals surface area contributed by atoms with Crippen LogP contribution in [0, 0.1) is 6.92 Å². The van der Waals surface area contributed by atoms with Crippen molar-refractivity contribution in [1.29, 1.82) is 0 Å². The van der Waals surface area contributed by atoms with Crippen LogP contribution < -0.4 is 10.1 Å². The van der Waals surface area contributed by atoms with Crippen molar-refractivity contribution in [2.45, 2.75) is 25.8 Å². The number of carbonyl (C=O) groups excluding carboxylic acids is 1. The van der Waals surface area contributed by atoms with Crippen molar-refractivity contribution in [2.75, 3.05) is 26.7 Å². The van der Waals surface area contributed by atoms with E-state index < -0.39 is 0 Å². The zero-order valence-electron chi connectivity index (χ0n) is 14.2. The smallest absolute Gasteiger partial charge is 0.261 e. The zero-order chi connectivity index (χ0) is 16.9. The lowest BCUT2D eigenvalue weighted by atomic mass is 10.0. The van der Waals surface area contributed by atoms with Crippen LogP contribution in [-0.4, -0.2) is 37.6 Å². The number of hydrogen-bond donors (Lipinski definition) is 1. The molecule has 1 unspecified atom stereocenters. The fourth-order valence-electron chi connectivity index (χ4n) is 3.23. The van der Waals surface area contributed by atoms with E-state index in [9.17, 15) is 4.79 Å². The Bertz CT molecular complexity index is 692. The molecule has 1 fully saturated rings. The van der Waals surface area contributed by atoms with Gasteiger partial charge in [-0.15, -0.1) is 11.3 Å². The Morgan fingerprint density at radius 3 is 2.79 bits per heavy atom. The molecule has 24 heavy (non-hydrogen) atoms. The van der Waals surface area contributed by atoms with Gasteiger partial charge in [0.1, 0.15) is 5.75 Å². The van der Waals surface area contributed by atoms with Crippen LogP contribution in [-0.2, 0) is 0 Å². The van der Waals surface area contributed by atoms with Crippen LogP contribution in [0.25, 0.3) is 0 Å². The Labute approximate surface area is 147 Å². The summed E-state index contributed by atoms with van der Waals surface area (Å²) in [5.41, 5.74) is 2.23. The third kappa shape index (κ3) is 3.79. The highest BCUT2D eigenvalue weighted by Crippen LogP contribution is 2.27. The van der Waals surface area contributed by atoms with Gasteiger partial charge in [-0.25, -0.2) is 0 Å². The highest BCUT2D eigenvalue weighted by atomic mass is 32.1. The van der Waals surface area contributed by atoms with E-state index in [0.717, 1.165) is 29.3 Å². The van der Waals surface area contributed by atoms with E-state index in [4.69, 9.17) is 4.74 Å². The van der Waals surface area contributed by atoms with Crippen LogP contribution in [0.15, 0.2) is 35.7 Å². The van der Waals surface area contributed by atoms with Gasteiger partial charge in [-0.05, 0) is 67.6 Å². The number of rotatable bonds is 6. The van der Waals surface area contributed by atoms with Crippen LogP contribution in [0.4, 0.5) is 0 Å². The van der Waals surface area contributed by atoms with Gasteiger partial charge in [0.15, 0.2) is 0 Å². The molecule has 2 heterocycles. The van der Waals surface area contributed by atoms with Crippen LogP contribution in [0.5, 0.6) is 5.75 Å². The molecule has 1 atom stereocenters. The maximum atomic E-state index is 12.5. The molecule has 0 radical (unpaired) electrons. The number of amides is 1. The van der Waals surface area contributed by atoms with Crippen molar-refractivity contribution in [2.24, 2.45) is 0 Å². The van der Waals surface area contributed by atoms with Crippen molar-refractivity contribution in [3.63, 3.8) is 0 Å². The van der Waals surface area contributed by atoms with Crippen molar-refractivity contribution in [1.82, 2.24) is 10.2 Å². The normalized spacial score (nSPS) is 16.1. The van der Waals surface area contributed by atoms with E-state index in [2.05, 4.69) is 22.3 Å². The summed E-state index contributed by atoms with van der Waals surface area (Å²) >= 11 is 1.50. The molecular weight excluding hydrogens is 320 g/mol. The number of nitrogens with zero attached hydrogens (tertiary/aromatic N) is 1. The summed E-state index contributed by atoms with van der Waals surface area (Å²) < 4.78 is 5.36. The van der Waals surface area contributed by atoms with E-state index in [1.165, 1.54) is 29.7 Å². The van der Waals surface area contributed by atoms with E-state index in [0.29, 0.717) is 6.54 Å². The minimum atomic E-state index is 0.0228. The van der Waals surface area contributed by atoms with Crippen molar-refractivity contribution < 1.29 is 9.53 Å². The predicted octanol–water partition coefficient (Wildman–Crippen LogP) is 3.63. The molecule has 4 nitrogen and oxygen atoms in total. The quantitative estimate of drug-likeness (QED) is 0.870. The predicted molar refractivity (Wildman–Crippen MR) is 97.9 cm³/mol. The number of thiophene rings is 1. The molecule has 0 saturated carbocycles. The number of hydrogen-bond acceptors (Lipinski definition) is 4. The molecule has 0 bridgehead atoms. The fraction of sp³-hybridized carbons (Fsp3) is 0.421. The Balaban J connectivity index is 1.75. The third-order valence-corrected chi connectivity index (χ3v) is 5.60. The van der Waals surface area contributed by atoms with Crippen LogP contribution in [0.3, 0.4) is 0 Å². The SMILES string of the molecule is COc1cccc(C(CNC(=O)c2sccc2C)N2CCCC2)c1. The Hall–Kier alpha value is -1.85. The van der Waals surface area contributed by atoms with E-state index >= 15 is 0 Å². The molecule has 2 aromatic rings. The summed E-state index contributed by atoms with van der Waals surface area (Å²) in [5.74, 6) is 0.881. The van der Waals surface area contributed by atoms with Crippen molar-refractivity contribution >= 4 is 17.2 Å². The van der Waals surface area contributed by atoms with Crippen molar-refractivity contribution in [3.05, 3.63) is 51.7 Å². The largest absolute Gasteiger partial charge is 0.497 e. The first-order valence-corrected chi connectivity index (χ1v) is 9.27. The highest BCUT2D eigenvalue weighted by molar-refractivity contribution is 7.12. The number of benzene rings is 1. The summed E-state index contributed by atoms with van der Waals surface area (Å²) in [5, 5.41) is 5.09. The van der Waals surface area contributed by atoms with Crippen LogP contribution in [0.2, 0.25) is 0 Å². The minimum Gasteiger partial charge on any atom is -0.497 e. The molecule has 3 rings (SSSR count). The van der Waals surface area contributed by atoms with Gasteiger partial charge in [0.2, 0.25) is 0 Å². The average Bonchev–Trinajstić information content (AvgIpc) is 3.27. The molecule has 1 aliphatic heterocycles. The van der Waals surface area contributed by atoms with Gasteiger partial charge in [-0.2, -0.15) is 0 Å². The molecule has 1 aromatic heterocycles. The second kappa shape index (κ2) is 7.81. The van der Waals surface area contributed by atoms with Crippen molar-refractivity contribution in [3.8, 4) is 5.75 Å². The fourth-order valence-corrected chi connectivity index (χ4v) is 4.08. The number of methoxy groups -OCH3 is 1. The summed E-state index contributed by atoms with van der Waals surface area (Å²) in [7, 11) is 1.69. The molecule has 1 aliphatic rings. The van der Waals surface area contributed by atoms with Gasteiger partial charge in [0.25, 0.3) is 5.91 Å². The Morgan fingerprint density at radius 1 is 1.33 bits per heavy atom. The first kappa shape index (κ1) is 17.0. The molecule has 0 aliphatic carbocycles. The molecule has 128 valence electrons. The molecule has 1 amide bonds. The van der Waals surface area contributed by atoms with E-state index in [1.54, 1.807) is 7.11 Å². The molecule has 5 heteroatoms. The first-order valence-electron chi connectivity index (χ1n) is 8.39. The standard InChI is InChI=1S/C19H24N2O2S/c1-14-8-11-24-18(14)19(22)20-13-17(21-9-3-4-10-21)15-6-5-7-16(12-15)23-2/h5-8,11-12,17H,3-4,9-10,13H2,1-2H3,(H,20,22). The van der Waals surface area contributed by atoms with Gasteiger partial charge < -0.3 is 10.1 Å². The van der Waals surface area contributed by atoms with Gasteiger partial charge in [0.05, 0.1) is 18.0 Å². The molecular formula is C19H24N2O2S. The summed E-state index contributed by atoms with van der Waals surface area (Å²) in [6.07, 6.45) is 2.44. The maximum absolute atomic E-state index is 12.5. The maximum Gasteiger partial charge on any atom is 0.261 e. The summed E-state index contributed by atoms with van der Waals surface area (Å²) in [4.78, 5) is 15.7. The highest BCUT2D eigenvalue weighted by Gasteiger charge is 2.24. The first-order chi connectivity index (χ1) is 11.7. The third-order valence-electron chi connectivity index (χ3n) is 4.58. The molecule has 1 aromatic carbocycles. The van der Waals surface area contributed by atoms with Gasteiger partial charge in [-0.3, -0.25) is 9.69 Å². The van der Waals surface area contributed by atoms with Crippen LogP contribution >= 0.6 is 11.3 Å². The van der Waals surface area contributed by atoms with Gasteiger partial charge in [0, 0.05) is 6.54 Å². The number of carbonyl (C=O) groups is 1. The number of likely N-dealkylation sites (tertiary alicyclic amines) is 1. The Kier molecular flexibility index (Phi) is 5.53. The lowest BCUT2D eigenvalue weighted by Gasteiger charge is -2.28. The monoisotopic (exact) mass is 344 g/mol. The van der Waals surface area contributed by atoms with Gasteiger partial charge >= 0.3 is 0 Å². The van der Waals surface area contributed by atoms with E-state index in [1.807, 2.05) is 30.5 Å². The molecule has 1 N–H and O–H groups in total. The zero-order valence-corrected chi connectivity index (χ0v) is 15.1. The lowest BCUT2D eigenvalue weighted by Crippen LogP contribution is -2.36. The number of nitrogens with one attached hydrogen (secondary N) is 1. The topological polar surface area (TPSA) is 41.6 Å². The number of ether oxygens (including phenoxy) is 1. The second-order valence-electron chi connectivity index (χ2n) is 6.18. The minimum absolute atomic E-state index is 0.0228. The molecule has 1 saturated heterocycles. The van der Waals surface area contributed by atoms with E-state index in [-0.39, 0.29) is 11.9 Å². The van der Waals surface area contributed by atoms with Crippen LogP contribution in [0.1, 0.15) is 39.7 Å². The second-order valence-corrected chi connectivity index (χ2v) is 7.09. The summed E-state index contributed by atoms with van der Waals surface area (Å²) in [6, 6.07) is 10.3.